The van der Waals surface area contributed by atoms with Crippen molar-refractivity contribution in [3.05, 3.63) is 48.0 Å². The van der Waals surface area contributed by atoms with Gasteiger partial charge in [0, 0.05) is 36.6 Å². The molecule has 2 aliphatic rings. The van der Waals surface area contributed by atoms with Crippen molar-refractivity contribution < 1.29 is 5.11 Å². The van der Waals surface area contributed by atoms with Crippen molar-refractivity contribution in [2.24, 2.45) is 4.99 Å². The second-order valence-corrected chi connectivity index (χ2v) is 6.45. The Labute approximate surface area is 133 Å². The first-order valence-corrected chi connectivity index (χ1v) is 8.28. The molecule has 0 spiro atoms. The molecule has 2 N–H and O–H groups in total. The Morgan fingerprint density at radius 2 is 1.86 bits per heavy atom. The van der Waals surface area contributed by atoms with Crippen molar-refractivity contribution in [2.75, 3.05) is 26.2 Å². The van der Waals surface area contributed by atoms with Gasteiger partial charge >= 0.3 is 0 Å². The molecule has 2 aromatic carbocycles. The molecule has 0 aromatic heterocycles. The summed E-state index contributed by atoms with van der Waals surface area (Å²) in [6.45, 7) is 3.78. The largest absolute Gasteiger partial charge is 0.507 e. The fourth-order valence-electron chi connectivity index (χ4n) is 2.85. The number of phenolic OH excluding ortho intramolecular Hbond substituents is 1. The van der Waals surface area contributed by atoms with Gasteiger partial charge in [0.25, 0.3) is 0 Å². The Morgan fingerprint density at radius 3 is 2.73 bits per heavy atom. The summed E-state index contributed by atoms with van der Waals surface area (Å²) in [6, 6.07) is 13.8. The summed E-state index contributed by atoms with van der Waals surface area (Å²) < 4.78 is 0. The minimum absolute atomic E-state index is 0.321. The van der Waals surface area contributed by atoms with E-state index >= 15 is 0 Å². The lowest BCUT2D eigenvalue weighted by Gasteiger charge is -2.30. The van der Waals surface area contributed by atoms with Gasteiger partial charge in [0.1, 0.15) is 11.6 Å². The molecule has 2 heterocycles. The summed E-state index contributed by atoms with van der Waals surface area (Å²) in [5.41, 5.74) is 1.99. The van der Waals surface area contributed by atoms with E-state index in [2.05, 4.69) is 22.3 Å². The molecule has 0 saturated carbocycles. The number of aliphatic imine (C=N–C) groups is 1. The second-order valence-electron chi connectivity index (χ2n) is 5.40. The molecule has 0 aliphatic carbocycles. The van der Waals surface area contributed by atoms with Gasteiger partial charge in [-0.1, -0.05) is 30.0 Å². The Morgan fingerprint density at radius 1 is 1.05 bits per heavy atom. The van der Waals surface area contributed by atoms with Gasteiger partial charge in [-0.15, -0.1) is 0 Å². The van der Waals surface area contributed by atoms with E-state index in [0.717, 1.165) is 53.1 Å². The van der Waals surface area contributed by atoms with Crippen molar-refractivity contribution in [3.8, 4) is 5.75 Å². The molecule has 0 amide bonds. The van der Waals surface area contributed by atoms with Crippen LogP contribution in [0.15, 0.2) is 57.2 Å². The molecule has 0 atom stereocenters. The monoisotopic (exact) mass is 311 g/mol. The van der Waals surface area contributed by atoms with Gasteiger partial charge in [-0.3, -0.25) is 0 Å². The number of para-hydroxylation sites is 1. The maximum Gasteiger partial charge on any atom is 0.137 e. The van der Waals surface area contributed by atoms with Crippen LogP contribution in [0.3, 0.4) is 0 Å². The minimum atomic E-state index is 0.321. The van der Waals surface area contributed by atoms with Crippen LogP contribution in [0.1, 0.15) is 5.56 Å². The maximum absolute atomic E-state index is 10.3. The summed E-state index contributed by atoms with van der Waals surface area (Å²) >= 11 is 1.59. The highest BCUT2D eigenvalue weighted by molar-refractivity contribution is 7.99. The zero-order valence-electron chi connectivity index (χ0n) is 12.1. The first kappa shape index (κ1) is 13.7. The number of rotatable bonds is 0. The van der Waals surface area contributed by atoms with Crippen LogP contribution < -0.4 is 5.32 Å². The number of phenols is 1. The van der Waals surface area contributed by atoms with Crippen LogP contribution in [0.5, 0.6) is 5.75 Å². The van der Waals surface area contributed by atoms with E-state index < -0.39 is 0 Å². The van der Waals surface area contributed by atoms with Crippen LogP contribution in [0.4, 0.5) is 5.69 Å². The van der Waals surface area contributed by atoms with E-state index in [-0.39, 0.29) is 0 Å². The van der Waals surface area contributed by atoms with Gasteiger partial charge in [-0.25, -0.2) is 4.99 Å². The van der Waals surface area contributed by atoms with E-state index in [0.29, 0.717) is 5.75 Å². The fraction of sp³-hybridized carbons (Fsp3) is 0.235. The molecule has 112 valence electrons. The van der Waals surface area contributed by atoms with Crippen molar-refractivity contribution in [1.82, 2.24) is 10.2 Å². The Hall–Kier alpha value is -1.98. The summed E-state index contributed by atoms with van der Waals surface area (Å²) in [5, 5.41) is 13.7. The third kappa shape index (κ3) is 2.36. The first-order valence-electron chi connectivity index (χ1n) is 7.46. The Balaban J connectivity index is 1.90. The zero-order chi connectivity index (χ0) is 14.9. The quantitative estimate of drug-likeness (QED) is 0.785. The minimum Gasteiger partial charge on any atom is -0.507 e. The lowest BCUT2D eigenvalue weighted by Crippen LogP contribution is -2.46. The number of benzene rings is 2. The normalized spacial score (nSPS) is 17.3. The highest BCUT2D eigenvalue weighted by Crippen LogP contribution is 2.44. The number of aromatic hydroxyl groups is 1. The predicted molar refractivity (Wildman–Crippen MR) is 89.3 cm³/mol. The van der Waals surface area contributed by atoms with Gasteiger partial charge in [0.05, 0.1) is 10.6 Å². The average molecular weight is 311 g/mol. The number of hydrogen-bond donors (Lipinski definition) is 2. The molecule has 4 nitrogen and oxygen atoms in total. The highest BCUT2D eigenvalue weighted by atomic mass is 32.2. The van der Waals surface area contributed by atoms with E-state index in [1.807, 2.05) is 24.3 Å². The third-order valence-corrected chi connectivity index (χ3v) is 5.15. The van der Waals surface area contributed by atoms with Crippen molar-refractivity contribution >= 4 is 23.3 Å². The van der Waals surface area contributed by atoms with Crippen LogP contribution in [0.2, 0.25) is 0 Å². The Bertz CT molecular complexity index is 738. The molecule has 5 heteroatoms. The summed E-state index contributed by atoms with van der Waals surface area (Å²) in [6.07, 6.45) is 0. The molecule has 2 aromatic rings. The van der Waals surface area contributed by atoms with Crippen molar-refractivity contribution in [3.63, 3.8) is 0 Å². The van der Waals surface area contributed by atoms with Gasteiger partial charge in [0.2, 0.25) is 0 Å². The second kappa shape index (κ2) is 5.66. The molecular weight excluding hydrogens is 294 g/mol. The van der Waals surface area contributed by atoms with Gasteiger partial charge in [0.15, 0.2) is 0 Å². The molecule has 22 heavy (non-hydrogen) atoms. The van der Waals surface area contributed by atoms with Crippen LogP contribution in [0, 0.1) is 0 Å². The van der Waals surface area contributed by atoms with Crippen molar-refractivity contribution in [1.29, 1.82) is 0 Å². The molecule has 0 radical (unpaired) electrons. The number of hydrogen-bond acceptors (Lipinski definition) is 5. The van der Waals surface area contributed by atoms with E-state index in [4.69, 9.17) is 4.99 Å². The standard InChI is InChI=1S/C17H17N3OS/c21-14-6-3-4-12-16(14)22-15-7-2-1-5-13(15)19-17(12)20-10-8-18-9-11-20/h1-7,18,21H,8-11H2. The molecule has 1 saturated heterocycles. The third-order valence-electron chi connectivity index (χ3n) is 3.96. The molecular formula is C17H17N3OS. The maximum atomic E-state index is 10.3. The number of piperazine rings is 1. The topological polar surface area (TPSA) is 47.9 Å². The molecule has 1 fully saturated rings. The van der Waals surface area contributed by atoms with E-state index in [1.54, 1.807) is 17.8 Å². The number of nitrogens with zero attached hydrogens (tertiary/aromatic N) is 2. The smallest absolute Gasteiger partial charge is 0.137 e. The summed E-state index contributed by atoms with van der Waals surface area (Å²) in [7, 11) is 0. The molecule has 0 bridgehead atoms. The van der Waals surface area contributed by atoms with Crippen molar-refractivity contribution in [2.45, 2.75) is 9.79 Å². The van der Waals surface area contributed by atoms with Crippen LogP contribution in [-0.2, 0) is 0 Å². The summed E-state index contributed by atoms with van der Waals surface area (Å²) in [4.78, 5) is 9.20. The fourth-order valence-corrected chi connectivity index (χ4v) is 3.87. The number of amidine groups is 1. The predicted octanol–water partition coefficient (Wildman–Crippen LogP) is 2.84. The number of nitrogens with one attached hydrogen (secondary N) is 1. The molecule has 0 unspecified atom stereocenters. The van der Waals surface area contributed by atoms with E-state index in [1.165, 1.54) is 0 Å². The highest BCUT2D eigenvalue weighted by Gasteiger charge is 2.24. The van der Waals surface area contributed by atoms with Crippen LogP contribution in [-0.4, -0.2) is 42.0 Å². The van der Waals surface area contributed by atoms with E-state index in [9.17, 15) is 5.11 Å². The first-order chi connectivity index (χ1) is 10.8. The lowest BCUT2D eigenvalue weighted by atomic mass is 10.1. The SMILES string of the molecule is Oc1cccc2c1Sc1ccccc1N=C2N1CCNCC1. The molecule has 2 aliphatic heterocycles. The van der Waals surface area contributed by atoms with Crippen LogP contribution in [0.25, 0.3) is 0 Å². The van der Waals surface area contributed by atoms with Gasteiger partial charge in [-0.2, -0.15) is 0 Å². The zero-order valence-corrected chi connectivity index (χ0v) is 12.9. The Kier molecular flexibility index (Phi) is 3.52. The lowest BCUT2D eigenvalue weighted by molar-refractivity contribution is 0.357. The van der Waals surface area contributed by atoms with Gasteiger partial charge < -0.3 is 15.3 Å². The van der Waals surface area contributed by atoms with Gasteiger partial charge in [-0.05, 0) is 24.3 Å². The van der Waals surface area contributed by atoms with Crippen LogP contribution >= 0.6 is 11.8 Å². The average Bonchev–Trinajstić information content (AvgIpc) is 2.73. The molecule has 4 rings (SSSR count). The number of fused-ring (bicyclic) bond motifs is 2. The summed E-state index contributed by atoms with van der Waals surface area (Å²) in [5.74, 6) is 1.28.